The molecule has 0 heterocycles. The van der Waals surface area contributed by atoms with Gasteiger partial charge in [-0.3, -0.25) is 4.79 Å². The van der Waals surface area contributed by atoms with Crippen LogP contribution in [0.15, 0.2) is 23.1 Å². The number of carbonyl (C=O) groups is 1. The molecular formula is C9H12FN3O3S. The molecule has 0 saturated heterocycles. The molecule has 8 heteroatoms. The Kier molecular flexibility index (Phi) is 3.69. The molecule has 0 fully saturated rings. The van der Waals surface area contributed by atoms with Gasteiger partial charge in [0.2, 0.25) is 15.9 Å². The number of primary amides is 1. The van der Waals surface area contributed by atoms with Gasteiger partial charge in [-0.1, -0.05) is 0 Å². The zero-order valence-corrected chi connectivity index (χ0v) is 9.79. The number of nitrogens with two attached hydrogens (primary N) is 2. The summed E-state index contributed by atoms with van der Waals surface area (Å²) in [5.74, 6) is -1.62. The second-order valence-corrected chi connectivity index (χ2v) is 5.18. The minimum Gasteiger partial charge on any atom is -0.399 e. The molecule has 0 saturated carbocycles. The molecule has 1 unspecified atom stereocenters. The Bertz CT molecular complexity index is 524. The van der Waals surface area contributed by atoms with E-state index in [0.717, 1.165) is 18.2 Å². The number of rotatable bonds is 4. The van der Waals surface area contributed by atoms with Gasteiger partial charge in [0.1, 0.15) is 5.82 Å². The number of amides is 1. The van der Waals surface area contributed by atoms with Crippen molar-refractivity contribution in [3.8, 4) is 0 Å². The first-order valence-electron chi connectivity index (χ1n) is 4.60. The predicted molar refractivity (Wildman–Crippen MR) is 59.8 cm³/mol. The molecule has 0 aliphatic carbocycles. The Morgan fingerprint density at radius 2 is 2.00 bits per heavy atom. The average molecular weight is 261 g/mol. The number of halogens is 1. The number of benzene rings is 1. The number of carbonyl (C=O) groups excluding carboxylic acids is 1. The smallest absolute Gasteiger partial charge is 0.241 e. The van der Waals surface area contributed by atoms with Crippen LogP contribution >= 0.6 is 0 Å². The van der Waals surface area contributed by atoms with Gasteiger partial charge in [0.25, 0.3) is 0 Å². The summed E-state index contributed by atoms with van der Waals surface area (Å²) in [6.07, 6.45) is 0. The summed E-state index contributed by atoms with van der Waals surface area (Å²) < 4.78 is 38.4. The maximum absolute atomic E-state index is 13.0. The lowest BCUT2D eigenvalue weighted by molar-refractivity contribution is -0.119. The first-order chi connectivity index (χ1) is 7.72. The molecule has 0 aliphatic rings. The highest BCUT2D eigenvalue weighted by Crippen LogP contribution is 2.15. The van der Waals surface area contributed by atoms with E-state index in [4.69, 9.17) is 11.5 Å². The summed E-state index contributed by atoms with van der Waals surface area (Å²) in [5, 5.41) is 0. The number of sulfonamides is 1. The number of hydrogen-bond donors (Lipinski definition) is 3. The van der Waals surface area contributed by atoms with E-state index in [1.807, 2.05) is 4.72 Å². The van der Waals surface area contributed by atoms with E-state index in [0.29, 0.717) is 0 Å². The van der Waals surface area contributed by atoms with Crippen molar-refractivity contribution in [2.75, 3.05) is 5.73 Å². The van der Waals surface area contributed by atoms with Gasteiger partial charge >= 0.3 is 0 Å². The largest absolute Gasteiger partial charge is 0.399 e. The zero-order chi connectivity index (χ0) is 13.2. The van der Waals surface area contributed by atoms with Crippen molar-refractivity contribution in [1.29, 1.82) is 0 Å². The summed E-state index contributed by atoms with van der Waals surface area (Å²) in [7, 11) is -4.02. The van der Waals surface area contributed by atoms with E-state index in [9.17, 15) is 17.6 Å². The Labute approximate surface area is 97.8 Å². The van der Waals surface area contributed by atoms with Gasteiger partial charge in [0, 0.05) is 5.69 Å². The van der Waals surface area contributed by atoms with E-state index < -0.39 is 27.8 Å². The Hall–Kier alpha value is -1.67. The maximum atomic E-state index is 13.0. The van der Waals surface area contributed by atoms with Gasteiger partial charge in [-0.05, 0) is 25.1 Å². The molecule has 0 bridgehead atoms. The first kappa shape index (κ1) is 13.4. The molecule has 5 N–H and O–H groups in total. The third kappa shape index (κ3) is 3.40. The molecule has 1 aromatic carbocycles. The molecule has 1 aromatic rings. The van der Waals surface area contributed by atoms with Crippen LogP contribution in [0.3, 0.4) is 0 Å². The molecule has 0 spiro atoms. The second-order valence-electron chi connectivity index (χ2n) is 3.47. The van der Waals surface area contributed by atoms with Gasteiger partial charge in [-0.25, -0.2) is 12.8 Å². The van der Waals surface area contributed by atoms with E-state index in [1.165, 1.54) is 6.92 Å². The molecule has 1 amide bonds. The fraction of sp³-hybridized carbons (Fsp3) is 0.222. The molecule has 0 radical (unpaired) electrons. The van der Waals surface area contributed by atoms with Crippen molar-refractivity contribution in [2.45, 2.75) is 17.9 Å². The normalized spacial score (nSPS) is 13.3. The second kappa shape index (κ2) is 4.68. The third-order valence-electron chi connectivity index (χ3n) is 1.96. The lowest BCUT2D eigenvalue weighted by Gasteiger charge is -2.11. The van der Waals surface area contributed by atoms with Crippen molar-refractivity contribution >= 4 is 21.6 Å². The van der Waals surface area contributed by atoms with Gasteiger partial charge in [0.15, 0.2) is 0 Å². The Balaban J connectivity index is 3.09. The topological polar surface area (TPSA) is 115 Å². The van der Waals surface area contributed by atoms with E-state index >= 15 is 0 Å². The minimum atomic E-state index is -4.02. The standard InChI is InChI=1S/C9H12FN3O3S/c1-5(9(12)14)13-17(15,16)8-3-6(10)2-7(11)4-8/h2-5,13H,11H2,1H3,(H2,12,14). The number of anilines is 1. The highest BCUT2D eigenvalue weighted by atomic mass is 32.2. The summed E-state index contributed by atoms with van der Waals surface area (Å²) in [6, 6.07) is 1.77. The van der Waals surface area contributed by atoms with Crippen LogP contribution in [0.1, 0.15) is 6.92 Å². The summed E-state index contributed by atoms with van der Waals surface area (Å²) in [6.45, 7) is 1.28. The van der Waals surface area contributed by atoms with Crippen LogP contribution < -0.4 is 16.2 Å². The number of hydrogen-bond acceptors (Lipinski definition) is 4. The van der Waals surface area contributed by atoms with E-state index in [2.05, 4.69) is 0 Å². The molecule has 94 valence electrons. The lowest BCUT2D eigenvalue weighted by atomic mass is 10.3. The van der Waals surface area contributed by atoms with E-state index in [1.54, 1.807) is 0 Å². The highest BCUT2D eigenvalue weighted by molar-refractivity contribution is 7.89. The third-order valence-corrected chi connectivity index (χ3v) is 3.48. The Morgan fingerprint density at radius 1 is 1.41 bits per heavy atom. The lowest BCUT2D eigenvalue weighted by Crippen LogP contribution is -2.42. The number of nitrogens with one attached hydrogen (secondary N) is 1. The molecule has 0 aliphatic heterocycles. The van der Waals surface area contributed by atoms with Crippen molar-refractivity contribution in [3.05, 3.63) is 24.0 Å². The molecule has 1 atom stereocenters. The fourth-order valence-electron chi connectivity index (χ4n) is 1.10. The van der Waals surface area contributed by atoms with Crippen molar-refractivity contribution in [3.63, 3.8) is 0 Å². The van der Waals surface area contributed by atoms with Crippen LogP contribution in [0.5, 0.6) is 0 Å². The van der Waals surface area contributed by atoms with E-state index in [-0.39, 0.29) is 10.6 Å². The SMILES string of the molecule is CC(NS(=O)(=O)c1cc(N)cc(F)c1)C(N)=O. The molecule has 6 nitrogen and oxygen atoms in total. The van der Waals surface area contributed by atoms with Crippen LogP contribution in [0.2, 0.25) is 0 Å². The van der Waals surface area contributed by atoms with Crippen LogP contribution in [0, 0.1) is 5.82 Å². The number of nitrogen functional groups attached to an aromatic ring is 1. The van der Waals surface area contributed by atoms with Crippen LogP contribution in [-0.2, 0) is 14.8 Å². The minimum absolute atomic E-state index is 0.0305. The van der Waals surface area contributed by atoms with Crippen molar-refractivity contribution < 1.29 is 17.6 Å². The highest BCUT2D eigenvalue weighted by Gasteiger charge is 2.21. The van der Waals surface area contributed by atoms with Gasteiger partial charge < -0.3 is 11.5 Å². The van der Waals surface area contributed by atoms with Crippen molar-refractivity contribution in [1.82, 2.24) is 4.72 Å². The first-order valence-corrected chi connectivity index (χ1v) is 6.08. The monoisotopic (exact) mass is 261 g/mol. The van der Waals surface area contributed by atoms with Crippen LogP contribution in [0.4, 0.5) is 10.1 Å². The zero-order valence-electron chi connectivity index (χ0n) is 8.98. The van der Waals surface area contributed by atoms with Crippen molar-refractivity contribution in [2.24, 2.45) is 5.73 Å². The quantitative estimate of drug-likeness (QED) is 0.637. The molecule has 17 heavy (non-hydrogen) atoms. The predicted octanol–water partition coefficient (Wildman–Crippen LogP) is -0.440. The molecule has 1 rings (SSSR count). The maximum Gasteiger partial charge on any atom is 0.241 e. The Morgan fingerprint density at radius 3 is 2.47 bits per heavy atom. The average Bonchev–Trinajstić information content (AvgIpc) is 2.15. The van der Waals surface area contributed by atoms with Gasteiger partial charge in [-0.2, -0.15) is 4.72 Å². The summed E-state index contributed by atoms with van der Waals surface area (Å²) in [5.41, 5.74) is 10.2. The summed E-state index contributed by atoms with van der Waals surface area (Å²) in [4.78, 5) is 10.4. The molecular weight excluding hydrogens is 249 g/mol. The van der Waals surface area contributed by atoms with Gasteiger partial charge in [0.05, 0.1) is 10.9 Å². The molecule has 0 aromatic heterocycles. The summed E-state index contributed by atoms with van der Waals surface area (Å²) >= 11 is 0. The van der Waals surface area contributed by atoms with Crippen LogP contribution in [-0.4, -0.2) is 20.4 Å². The fourth-order valence-corrected chi connectivity index (χ4v) is 2.38. The van der Waals surface area contributed by atoms with Crippen LogP contribution in [0.25, 0.3) is 0 Å². The van der Waals surface area contributed by atoms with Gasteiger partial charge in [-0.15, -0.1) is 0 Å².